The largest absolute Gasteiger partial charge is 0.378 e. The fourth-order valence-corrected chi connectivity index (χ4v) is 6.80. The summed E-state index contributed by atoms with van der Waals surface area (Å²) in [6.45, 7) is 10.8. The van der Waals surface area contributed by atoms with Crippen molar-refractivity contribution in [2.75, 3.05) is 46.2 Å². The molecular weight excluding hydrogens is 542 g/mol. The summed E-state index contributed by atoms with van der Waals surface area (Å²) in [5.74, 6) is 1.27. The van der Waals surface area contributed by atoms with Crippen molar-refractivity contribution in [3.63, 3.8) is 0 Å². The zero-order valence-corrected chi connectivity index (χ0v) is 28.0. The van der Waals surface area contributed by atoms with Crippen LogP contribution >= 0.6 is 0 Å². The van der Waals surface area contributed by atoms with E-state index in [1.807, 2.05) is 4.90 Å². The first-order chi connectivity index (χ1) is 21.0. The van der Waals surface area contributed by atoms with Crippen molar-refractivity contribution in [1.29, 1.82) is 0 Å². The third-order valence-corrected chi connectivity index (χ3v) is 8.87. The maximum absolute atomic E-state index is 13.1. The molecule has 1 amide bonds. The minimum absolute atomic E-state index is 0.217. The molecule has 0 saturated carbocycles. The zero-order chi connectivity index (χ0) is 31.6. The molecule has 0 aliphatic heterocycles. The Morgan fingerprint density at radius 2 is 1.34 bits per heavy atom. The van der Waals surface area contributed by atoms with Crippen LogP contribution in [-0.4, -0.2) is 78.2 Å². The Kier molecular flexibility index (Phi) is 9.31. The lowest BCUT2D eigenvalue weighted by Crippen LogP contribution is -2.52. The van der Waals surface area contributed by atoms with E-state index >= 15 is 0 Å². The summed E-state index contributed by atoms with van der Waals surface area (Å²) in [5.41, 5.74) is 4.60. The Morgan fingerprint density at radius 3 is 1.93 bits per heavy atom. The molecule has 1 aromatic heterocycles. The molecule has 0 unspecified atom stereocenters. The third kappa shape index (κ3) is 6.46. The molecule has 0 aliphatic carbocycles. The molecule has 0 saturated heterocycles. The van der Waals surface area contributed by atoms with Crippen molar-refractivity contribution in [1.82, 2.24) is 14.5 Å². The van der Waals surface area contributed by atoms with Crippen molar-refractivity contribution in [2.45, 2.75) is 65.6 Å². The number of anilines is 1. The van der Waals surface area contributed by atoms with E-state index in [1.54, 1.807) is 0 Å². The first-order valence-corrected chi connectivity index (χ1v) is 16.2. The molecule has 232 valence electrons. The topological polar surface area (TPSA) is 41.4 Å². The van der Waals surface area contributed by atoms with Crippen LogP contribution in [0.2, 0.25) is 0 Å². The Morgan fingerprint density at radius 1 is 0.773 bits per heavy atom. The molecule has 0 N–H and O–H groups in total. The van der Waals surface area contributed by atoms with Crippen molar-refractivity contribution in [2.24, 2.45) is 0 Å². The Bertz CT molecular complexity index is 1740. The molecule has 44 heavy (non-hydrogen) atoms. The first kappa shape index (κ1) is 31.5. The predicted molar refractivity (Wildman–Crippen MR) is 187 cm³/mol. The molecule has 6 nitrogen and oxygen atoms in total. The molecular formula is C38H50N5O+. The van der Waals surface area contributed by atoms with Crippen molar-refractivity contribution in [3.8, 4) is 11.4 Å². The Labute approximate surface area is 263 Å². The summed E-state index contributed by atoms with van der Waals surface area (Å²) in [6, 6.07) is 26.6. The maximum Gasteiger partial charge on any atom is 0.278 e. The van der Waals surface area contributed by atoms with E-state index in [0.29, 0.717) is 11.0 Å². The molecule has 0 spiro atoms. The number of rotatable bonds is 12. The van der Waals surface area contributed by atoms with Gasteiger partial charge in [0.1, 0.15) is 5.82 Å². The van der Waals surface area contributed by atoms with Gasteiger partial charge in [0.2, 0.25) is 0 Å². The number of aromatic nitrogens is 2. The molecule has 0 aliphatic rings. The van der Waals surface area contributed by atoms with Crippen LogP contribution in [-0.2, 0) is 11.3 Å². The van der Waals surface area contributed by atoms with Gasteiger partial charge in [0.05, 0.1) is 31.7 Å². The average molecular weight is 593 g/mol. The second-order valence-electron chi connectivity index (χ2n) is 13.7. The number of likely N-dealkylation sites (N-methyl/N-ethyl adjacent to an activating group) is 1. The number of carbonyl (C=O) groups excluding carboxylic acids is 1. The van der Waals surface area contributed by atoms with Gasteiger partial charge in [-0.25, -0.2) is 4.98 Å². The molecule has 5 rings (SSSR count). The van der Waals surface area contributed by atoms with Crippen molar-refractivity contribution >= 4 is 44.2 Å². The van der Waals surface area contributed by atoms with Crippen LogP contribution in [0.3, 0.4) is 0 Å². The van der Waals surface area contributed by atoms with E-state index in [-0.39, 0.29) is 18.0 Å². The first-order valence-electron chi connectivity index (χ1n) is 16.2. The summed E-state index contributed by atoms with van der Waals surface area (Å²) in [7, 11) is 8.52. The number of unbranched alkanes of at least 4 members (excludes halogenated alkanes) is 2. The van der Waals surface area contributed by atoms with Gasteiger partial charge in [-0.1, -0.05) is 48.5 Å². The van der Waals surface area contributed by atoms with Gasteiger partial charge in [0.25, 0.3) is 5.91 Å². The Balaban J connectivity index is 1.42. The minimum atomic E-state index is 0.217. The highest BCUT2D eigenvalue weighted by Gasteiger charge is 2.27. The van der Waals surface area contributed by atoms with E-state index in [1.165, 1.54) is 32.7 Å². The summed E-state index contributed by atoms with van der Waals surface area (Å²) < 4.78 is 3.17. The monoisotopic (exact) mass is 592 g/mol. The lowest BCUT2D eigenvalue weighted by Gasteiger charge is -2.35. The van der Waals surface area contributed by atoms with Gasteiger partial charge in [-0.2, -0.15) is 0 Å². The normalized spacial score (nSPS) is 12.2. The second-order valence-corrected chi connectivity index (χ2v) is 13.7. The van der Waals surface area contributed by atoms with E-state index in [2.05, 4.69) is 138 Å². The Hall–Kier alpha value is -3.90. The number of quaternary nitrogens is 1. The van der Waals surface area contributed by atoms with Crippen LogP contribution in [0.25, 0.3) is 44.0 Å². The summed E-state index contributed by atoms with van der Waals surface area (Å²) in [5, 5.41) is 4.97. The van der Waals surface area contributed by atoms with Crippen molar-refractivity contribution in [3.05, 3.63) is 72.8 Å². The number of hydrogen-bond donors (Lipinski definition) is 0. The minimum Gasteiger partial charge on any atom is -0.378 e. The number of hydrogen-bond acceptors (Lipinski definition) is 3. The van der Waals surface area contributed by atoms with Gasteiger partial charge in [-0.3, -0.25) is 4.79 Å². The number of aryl methyl sites for hydroxylation is 1. The van der Waals surface area contributed by atoms with Gasteiger partial charge in [-0.15, -0.1) is 0 Å². The van der Waals surface area contributed by atoms with Crippen LogP contribution in [0.4, 0.5) is 5.69 Å². The highest BCUT2D eigenvalue weighted by atomic mass is 16.2. The number of amides is 1. The van der Waals surface area contributed by atoms with Crippen LogP contribution in [0, 0.1) is 0 Å². The van der Waals surface area contributed by atoms with E-state index in [9.17, 15) is 4.79 Å². The van der Waals surface area contributed by atoms with Gasteiger partial charge < -0.3 is 18.8 Å². The highest BCUT2D eigenvalue weighted by molar-refractivity contribution is 6.23. The molecule has 1 heterocycles. The highest BCUT2D eigenvalue weighted by Crippen LogP contribution is 2.37. The number of nitrogens with zero attached hydrogens (tertiary/aromatic N) is 5. The second kappa shape index (κ2) is 13.0. The van der Waals surface area contributed by atoms with Crippen LogP contribution in [0.15, 0.2) is 72.8 Å². The predicted octanol–water partition coefficient (Wildman–Crippen LogP) is 7.97. The smallest absolute Gasteiger partial charge is 0.278 e. The van der Waals surface area contributed by atoms with Crippen LogP contribution in [0.5, 0.6) is 0 Å². The summed E-state index contributed by atoms with van der Waals surface area (Å²) >= 11 is 0. The summed E-state index contributed by atoms with van der Waals surface area (Å²) in [4.78, 5) is 22.6. The average Bonchev–Trinajstić information content (AvgIpc) is 3.36. The van der Waals surface area contributed by atoms with E-state index in [4.69, 9.17) is 4.98 Å². The van der Waals surface area contributed by atoms with E-state index < -0.39 is 0 Å². The lowest BCUT2D eigenvalue weighted by atomic mass is 10.00. The summed E-state index contributed by atoms with van der Waals surface area (Å²) in [6.07, 6.45) is 3.22. The number of carbonyl (C=O) groups is 1. The van der Waals surface area contributed by atoms with Gasteiger partial charge in [0.15, 0.2) is 6.54 Å². The maximum atomic E-state index is 13.1. The van der Waals surface area contributed by atoms with Gasteiger partial charge in [0, 0.05) is 54.7 Å². The number of fused-ring (bicyclic) bond motifs is 6. The van der Waals surface area contributed by atoms with Crippen molar-refractivity contribution < 1.29 is 9.28 Å². The fraction of sp³-hybridized carbons (Fsp3) is 0.421. The van der Waals surface area contributed by atoms with E-state index in [0.717, 1.165) is 49.3 Å². The zero-order valence-electron chi connectivity index (χ0n) is 28.0. The molecule has 5 aromatic rings. The standard InChI is InChI=1S/C38H50N5O/c1-27(2)42(28(3)4)35(44)26-43(7,8)25-15-9-14-24-41-37-34-19-13-11-17-32(34)31-16-10-12-18-33(31)36(37)39-38(41)29-20-22-30(23-21-29)40(5)6/h10-13,16-23,27-28H,9,14-15,24-26H2,1-8H3/q+1. The van der Waals surface area contributed by atoms with Gasteiger partial charge in [-0.05, 0) is 82.0 Å². The lowest BCUT2D eigenvalue weighted by molar-refractivity contribution is -0.883. The SMILES string of the molecule is CC(C)N(C(=O)C[N+](C)(C)CCCCCn1c(-c2ccc(N(C)C)cc2)nc2c3ccccc3c3ccccc3c21)C(C)C. The molecule has 0 fully saturated rings. The molecule has 4 aromatic carbocycles. The number of imidazole rings is 1. The number of benzene rings is 4. The molecule has 0 atom stereocenters. The molecule has 0 bridgehead atoms. The van der Waals surface area contributed by atoms with Crippen LogP contribution in [0.1, 0.15) is 47.0 Å². The molecule has 0 radical (unpaired) electrons. The van der Waals surface area contributed by atoms with Gasteiger partial charge >= 0.3 is 0 Å². The third-order valence-electron chi connectivity index (χ3n) is 8.87. The van der Waals surface area contributed by atoms with Crippen LogP contribution < -0.4 is 4.90 Å². The quantitative estimate of drug-likeness (QED) is 0.0838. The molecule has 6 heteroatoms. The fourth-order valence-electron chi connectivity index (χ4n) is 6.80.